The Morgan fingerprint density at radius 1 is 0.244 bits per heavy atom. The van der Waals surface area contributed by atoms with Crippen LogP contribution in [0.3, 0.4) is 0 Å². The van der Waals surface area contributed by atoms with E-state index in [0.717, 1.165) is 59.8 Å². The molecule has 0 saturated heterocycles. The fraction of sp³-hybridized carbons (Fsp3) is 0.0488. The predicted molar refractivity (Wildman–Crippen MR) is 368 cm³/mol. The fourth-order valence-corrected chi connectivity index (χ4v) is 14.4. The van der Waals surface area contributed by atoms with Gasteiger partial charge in [-0.1, -0.05) is 206 Å². The molecule has 2 heterocycles. The van der Waals surface area contributed by atoms with Crippen LogP contribution in [0.4, 0.5) is 34.1 Å². The van der Waals surface area contributed by atoms with Gasteiger partial charge in [0, 0.05) is 66.5 Å². The molecule has 0 saturated carbocycles. The van der Waals surface area contributed by atoms with Crippen LogP contribution < -0.4 is 9.80 Å². The second-order valence-corrected chi connectivity index (χ2v) is 22.9. The third kappa shape index (κ3) is 7.91. The van der Waals surface area contributed by atoms with Crippen molar-refractivity contribution in [3.8, 4) is 22.3 Å². The second-order valence-electron chi connectivity index (χ2n) is 22.9. The van der Waals surface area contributed by atoms with Gasteiger partial charge < -0.3 is 18.9 Å². The minimum Gasteiger partial charge on any atom is -0.310 e. The van der Waals surface area contributed by atoms with Crippen molar-refractivity contribution in [2.75, 3.05) is 9.80 Å². The highest BCUT2D eigenvalue weighted by atomic mass is 15.2. The molecule has 0 radical (unpaired) electrons. The molecule has 0 fully saturated rings. The van der Waals surface area contributed by atoms with Crippen molar-refractivity contribution in [2.24, 2.45) is 0 Å². The SMILES string of the molecule is C1=CC(n2c3ccccc3c3cc(N(c4ccccc4)c4cccc5c(-c6c7ccccc7c(-c7cccc8c(N(c9ccccc9)c9ccc%10c(c9)c9ccccc9n%10C9=CCCC=C9)cccc78)c7ccccc67)cccc45)ccc32)=CCC1. The number of para-hydroxylation sites is 4. The van der Waals surface area contributed by atoms with Crippen LogP contribution in [-0.4, -0.2) is 9.13 Å². The number of benzene rings is 13. The fourth-order valence-electron chi connectivity index (χ4n) is 14.4. The summed E-state index contributed by atoms with van der Waals surface area (Å²) in [6.45, 7) is 0. The van der Waals surface area contributed by atoms with Gasteiger partial charge in [0.1, 0.15) is 0 Å². The molecular formula is C82H58N4. The maximum Gasteiger partial charge on any atom is 0.0542 e. The van der Waals surface area contributed by atoms with Gasteiger partial charge in [-0.3, -0.25) is 0 Å². The van der Waals surface area contributed by atoms with E-state index in [1.807, 2.05) is 0 Å². The summed E-state index contributed by atoms with van der Waals surface area (Å²) in [4.78, 5) is 4.91. The van der Waals surface area contributed by atoms with E-state index in [1.54, 1.807) is 0 Å². The summed E-state index contributed by atoms with van der Waals surface area (Å²) in [5.41, 5.74) is 18.9. The Hall–Kier alpha value is -10.9. The van der Waals surface area contributed by atoms with Crippen LogP contribution in [0.25, 0.3) is 120 Å². The van der Waals surface area contributed by atoms with Crippen molar-refractivity contribution in [2.45, 2.75) is 25.7 Å². The molecule has 0 spiro atoms. The zero-order chi connectivity index (χ0) is 56.7. The third-order valence-electron chi connectivity index (χ3n) is 18.1. The number of hydrogen-bond acceptors (Lipinski definition) is 2. The molecule has 0 unspecified atom stereocenters. The Kier molecular flexibility index (Phi) is 11.8. The maximum atomic E-state index is 2.45. The van der Waals surface area contributed by atoms with Crippen LogP contribution in [0.15, 0.2) is 303 Å². The van der Waals surface area contributed by atoms with Gasteiger partial charge in [-0.2, -0.15) is 0 Å². The van der Waals surface area contributed by atoms with Gasteiger partial charge >= 0.3 is 0 Å². The standard InChI is InChI=1S/C82H58N4/c1-5-25-55(26-6-1)83(59-49-51-79-73(53-59)65-33-17-19-45-77(65)85(79)57-29-9-3-10-30-57)75-47-23-39-61-63(75)41-21-43-67(61)81-69-35-13-15-37-71(69)82(72-38-16-14-36-70(72)81)68-44-22-42-64-62(68)40-24-48-76(64)84(56-27-7-2-8-28-56)60-50-52-80-74(54-60)66-34-18-20-46-78(66)86(80)58-31-11-4-12-32-58/h1-2,5-9,11,13-54H,3-4,10,12H2. The zero-order valence-corrected chi connectivity index (χ0v) is 47.5. The highest BCUT2D eigenvalue weighted by Gasteiger charge is 2.25. The van der Waals surface area contributed by atoms with E-state index in [2.05, 4.69) is 322 Å². The van der Waals surface area contributed by atoms with Crippen molar-refractivity contribution in [3.05, 3.63) is 303 Å². The van der Waals surface area contributed by atoms with Gasteiger partial charge in [0.15, 0.2) is 0 Å². The van der Waals surface area contributed by atoms with E-state index >= 15 is 0 Å². The summed E-state index contributed by atoms with van der Waals surface area (Å²) in [6, 6.07) is 99.3. The van der Waals surface area contributed by atoms with E-state index in [-0.39, 0.29) is 0 Å². The molecule has 4 heteroatoms. The van der Waals surface area contributed by atoms with Crippen LogP contribution in [-0.2, 0) is 0 Å². The molecule has 406 valence electrons. The number of nitrogens with zero attached hydrogens (tertiary/aromatic N) is 4. The lowest BCUT2D eigenvalue weighted by atomic mass is 9.83. The minimum atomic E-state index is 1.04. The van der Waals surface area contributed by atoms with Crippen molar-refractivity contribution >= 4 is 132 Å². The second kappa shape index (κ2) is 20.4. The van der Waals surface area contributed by atoms with Gasteiger partial charge in [0.25, 0.3) is 0 Å². The Morgan fingerprint density at radius 3 is 1.00 bits per heavy atom. The van der Waals surface area contributed by atoms with Crippen molar-refractivity contribution < 1.29 is 0 Å². The number of fused-ring (bicyclic) bond motifs is 10. The van der Waals surface area contributed by atoms with Crippen LogP contribution in [0, 0.1) is 0 Å². The number of hydrogen-bond donors (Lipinski definition) is 0. The number of aromatic nitrogens is 2. The van der Waals surface area contributed by atoms with E-state index < -0.39 is 0 Å². The van der Waals surface area contributed by atoms with Crippen LogP contribution >= 0.6 is 0 Å². The third-order valence-corrected chi connectivity index (χ3v) is 18.1. The van der Waals surface area contributed by atoms with E-state index in [9.17, 15) is 0 Å². The van der Waals surface area contributed by atoms with Crippen LogP contribution in [0.5, 0.6) is 0 Å². The number of allylic oxidation sites excluding steroid dienone is 8. The largest absolute Gasteiger partial charge is 0.310 e. The van der Waals surface area contributed by atoms with Crippen molar-refractivity contribution in [3.63, 3.8) is 0 Å². The molecular weight excluding hydrogens is 1040 g/mol. The molecule has 86 heavy (non-hydrogen) atoms. The molecule has 17 rings (SSSR count). The van der Waals surface area contributed by atoms with Gasteiger partial charge in [0.2, 0.25) is 0 Å². The van der Waals surface area contributed by atoms with Gasteiger partial charge in [0.05, 0.1) is 33.4 Å². The van der Waals surface area contributed by atoms with Crippen molar-refractivity contribution in [1.82, 2.24) is 9.13 Å². The molecule has 0 aliphatic heterocycles. The summed E-state index contributed by atoms with van der Waals surface area (Å²) >= 11 is 0. The van der Waals surface area contributed by atoms with E-state index in [0.29, 0.717) is 0 Å². The Labute approximate surface area is 499 Å². The first-order valence-electron chi connectivity index (χ1n) is 30.2. The van der Waals surface area contributed by atoms with Gasteiger partial charge in [-0.05, 0) is 177 Å². The summed E-state index contributed by atoms with van der Waals surface area (Å²) < 4.78 is 4.88. The summed E-state index contributed by atoms with van der Waals surface area (Å²) in [6.07, 6.45) is 18.1. The lowest BCUT2D eigenvalue weighted by Crippen LogP contribution is -2.10. The van der Waals surface area contributed by atoms with E-state index in [1.165, 1.54) is 120 Å². The van der Waals surface area contributed by atoms with Crippen LogP contribution in [0.1, 0.15) is 25.7 Å². The average molecular weight is 1100 g/mol. The smallest absolute Gasteiger partial charge is 0.0542 e. The molecule has 0 atom stereocenters. The predicted octanol–water partition coefficient (Wildman–Crippen LogP) is 23.2. The molecule has 2 aromatic heterocycles. The lowest BCUT2D eigenvalue weighted by molar-refractivity contribution is 1.02. The van der Waals surface area contributed by atoms with E-state index in [4.69, 9.17) is 0 Å². The molecule has 15 aromatic rings. The first-order chi connectivity index (χ1) is 42.7. The Bertz CT molecular complexity index is 4970. The molecule has 0 N–H and O–H groups in total. The monoisotopic (exact) mass is 1100 g/mol. The summed E-state index contributed by atoms with van der Waals surface area (Å²) in [7, 11) is 0. The minimum absolute atomic E-state index is 1.04. The Morgan fingerprint density at radius 2 is 0.593 bits per heavy atom. The zero-order valence-electron chi connectivity index (χ0n) is 47.5. The lowest BCUT2D eigenvalue weighted by Gasteiger charge is -2.28. The molecule has 2 aliphatic rings. The first kappa shape index (κ1) is 49.7. The highest BCUT2D eigenvalue weighted by molar-refractivity contribution is 6.26. The van der Waals surface area contributed by atoms with Crippen molar-refractivity contribution in [1.29, 1.82) is 0 Å². The highest BCUT2D eigenvalue weighted by Crippen LogP contribution is 2.51. The molecule has 2 aliphatic carbocycles. The average Bonchev–Trinajstić information content (AvgIpc) is 1.14. The quantitative estimate of drug-likeness (QED) is 0.127. The maximum absolute atomic E-state index is 2.45. The first-order valence-corrected chi connectivity index (χ1v) is 30.2. The summed E-state index contributed by atoms with van der Waals surface area (Å²) in [5.74, 6) is 0. The summed E-state index contributed by atoms with van der Waals surface area (Å²) in [5, 5.41) is 14.6. The molecule has 0 amide bonds. The normalized spacial score (nSPS) is 13.4. The molecule has 4 nitrogen and oxygen atoms in total. The topological polar surface area (TPSA) is 16.3 Å². The van der Waals surface area contributed by atoms with Gasteiger partial charge in [-0.15, -0.1) is 0 Å². The number of rotatable bonds is 10. The van der Waals surface area contributed by atoms with Crippen LogP contribution in [0.2, 0.25) is 0 Å². The molecule has 13 aromatic carbocycles. The Balaban J connectivity index is 0.836. The van der Waals surface area contributed by atoms with Gasteiger partial charge in [-0.25, -0.2) is 0 Å². The number of anilines is 6. The molecule has 0 bridgehead atoms.